The molecule has 1 N–H and O–H groups in total. The van der Waals surface area contributed by atoms with Gasteiger partial charge in [0.2, 0.25) is 5.88 Å². The number of nitrogens with one attached hydrogen (secondary N) is 1. The Labute approximate surface area is 114 Å². The van der Waals surface area contributed by atoms with Crippen LogP contribution in [0.4, 0.5) is 5.82 Å². The van der Waals surface area contributed by atoms with Crippen LogP contribution in [0.3, 0.4) is 0 Å². The normalized spacial score (nSPS) is 19.5. The SMILES string of the molecule is CCCOc1cncc(N2CCOCC2CNC)n1. The van der Waals surface area contributed by atoms with Gasteiger partial charge < -0.3 is 19.7 Å². The highest BCUT2D eigenvalue weighted by Crippen LogP contribution is 2.18. The van der Waals surface area contributed by atoms with Crippen LogP contribution in [0, 0.1) is 0 Å². The summed E-state index contributed by atoms with van der Waals surface area (Å²) in [6.45, 7) is 5.87. The maximum atomic E-state index is 5.53. The minimum absolute atomic E-state index is 0.287. The Bertz CT molecular complexity index is 387. The van der Waals surface area contributed by atoms with Crippen molar-refractivity contribution in [3.8, 4) is 5.88 Å². The Morgan fingerprint density at radius 2 is 2.42 bits per heavy atom. The van der Waals surface area contributed by atoms with E-state index in [0.717, 1.165) is 31.9 Å². The summed E-state index contributed by atoms with van der Waals surface area (Å²) in [5.74, 6) is 1.45. The molecule has 1 aliphatic rings. The van der Waals surface area contributed by atoms with Crippen molar-refractivity contribution in [3.05, 3.63) is 12.4 Å². The predicted octanol–water partition coefficient (Wildman–Crippen LogP) is 0.690. The molecule has 1 aliphatic heterocycles. The molecular weight excluding hydrogens is 244 g/mol. The van der Waals surface area contributed by atoms with Gasteiger partial charge in [-0.1, -0.05) is 6.92 Å². The molecule has 1 unspecified atom stereocenters. The minimum Gasteiger partial charge on any atom is -0.477 e. The molecule has 1 aromatic heterocycles. The molecule has 1 aromatic rings. The first-order valence-corrected chi connectivity index (χ1v) is 6.79. The number of nitrogens with zero attached hydrogens (tertiary/aromatic N) is 3. The van der Waals surface area contributed by atoms with Gasteiger partial charge in [-0.15, -0.1) is 0 Å². The lowest BCUT2D eigenvalue weighted by atomic mass is 10.2. The van der Waals surface area contributed by atoms with Crippen molar-refractivity contribution in [1.29, 1.82) is 0 Å². The molecule has 19 heavy (non-hydrogen) atoms. The van der Waals surface area contributed by atoms with Crippen molar-refractivity contribution in [2.24, 2.45) is 0 Å². The van der Waals surface area contributed by atoms with Gasteiger partial charge in [0.05, 0.1) is 38.3 Å². The van der Waals surface area contributed by atoms with Gasteiger partial charge >= 0.3 is 0 Å². The Balaban J connectivity index is 2.09. The predicted molar refractivity (Wildman–Crippen MR) is 73.7 cm³/mol. The molecule has 2 rings (SSSR count). The first kappa shape index (κ1) is 14.0. The van der Waals surface area contributed by atoms with E-state index in [2.05, 4.69) is 27.1 Å². The van der Waals surface area contributed by atoms with Crippen LogP contribution in [0.5, 0.6) is 5.88 Å². The Morgan fingerprint density at radius 1 is 1.53 bits per heavy atom. The molecule has 1 fully saturated rings. The summed E-state index contributed by atoms with van der Waals surface area (Å²) in [6.07, 6.45) is 4.41. The smallest absolute Gasteiger partial charge is 0.234 e. The van der Waals surface area contributed by atoms with Gasteiger partial charge in [0.1, 0.15) is 0 Å². The molecule has 106 valence electrons. The zero-order valence-corrected chi connectivity index (χ0v) is 11.6. The van der Waals surface area contributed by atoms with Gasteiger partial charge in [-0.25, -0.2) is 0 Å². The van der Waals surface area contributed by atoms with Crippen LogP contribution in [-0.2, 0) is 4.74 Å². The first-order valence-electron chi connectivity index (χ1n) is 6.79. The minimum atomic E-state index is 0.287. The molecule has 0 aromatic carbocycles. The fraction of sp³-hybridized carbons (Fsp3) is 0.692. The molecule has 6 nitrogen and oxygen atoms in total. The largest absolute Gasteiger partial charge is 0.477 e. The van der Waals surface area contributed by atoms with Gasteiger partial charge in [0.25, 0.3) is 0 Å². The number of hydrogen-bond donors (Lipinski definition) is 1. The van der Waals surface area contributed by atoms with Crippen LogP contribution in [0.15, 0.2) is 12.4 Å². The molecule has 0 aliphatic carbocycles. The lowest BCUT2D eigenvalue weighted by Gasteiger charge is -2.36. The average Bonchev–Trinajstić information content (AvgIpc) is 2.46. The van der Waals surface area contributed by atoms with Crippen LogP contribution in [0.1, 0.15) is 13.3 Å². The van der Waals surface area contributed by atoms with E-state index in [9.17, 15) is 0 Å². The van der Waals surface area contributed by atoms with Gasteiger partial charge in [-0.3, -0.25) is 4.98 Å². The van der Waals surface area contributed by atoms with Crippen LogP contribution in [0.25, 0.3) is 0 Å². The number of morpholine rings is 1. The fourth-order valence-electron chi connectivity index (χ4n) is 2.11. The Hall–Kier alpha value is -1.40. The van der Waals surface area contributed by atoms with Crippen molar-refractivity contribution in [1.82, 2.24) is 15.3 Å². The van der Waals surface area contributed by atoms with E-state index in [1.54, 1.807) is 12.4 Å². The molecule has 2 heterocycles. The molecule has 1 saturated heterocycles. The maximum absolute atomic E-state index is 5.53. The zero-order valence-electron chi connectivity index (χ0n) is 11.6. The third-order valence-electron chi connectivity index (χ3n) is 3.02. The number of hydrogen-bond acceptors (Lipinski definition) is 6. The molecule has 0 spiro atoms. The van der Waals surface area contributed by atoms with Crippen molar-refractivity contribution < 1.29 is 9.47 Å². The second-order valence-corrected chi connectivity index (χ2v) is 4.54. The summed E-state index contributed by atoms with van der Waals surface area (Å²) in [5.41, 5.74) is 0. The standard InChI is InChI=1S/C13H22N4O2/c1-3-5-19-13-9-15-8-12(16-13)17-4-6-18-10-11(17)7-14-2/h8-9,11,14H,3-7,10H2,1-2H3. The summed E-state index contributed by atoms with van der Waals surface area (Å²) in [7, 11) is 1.94. The summed E-state index contributed by atoms with van der Waals surface area (Å²) in [4.78, 5) is 11.0. The van der Waals surface area contributed by atoms with Gasteiger partial charge in [0.15, 0.2) is 5.82 Å². The number of ether oxygens (including phenoxy) is 2. The highest BCUT2D eigenvalue weighted by molar-refractivity contribution is 5.39. The Kier molecular flexibility index (Phi) is 5.35. The fourth-order valence-corrected chi connectivity index (χ4v) is 2.11. The van der Waals surface area contributed by atoms with Crippen LogP contribution >= 0.6 is 0 Å². The number of aromatic nitrogens is 2. The zero-order chi connectivity index (χ0) is 13.5. The van der Waals surface area contributed by atoms with Crippen LogP contribution in [0.2, 0.25) is 0 Å². The lowest BCUT2D eigenvalue weighted by Crippen LogP contribution is -2.50. The monoisotopic (exact) mass is 266 g/mol. The first-order chi connectivity index (χ1) is 9.35. The Morgan fingerprint density at radius 3 is 3.21 bits per heavy atom. The van der Waals surface area contributed by atoms with E-state index in [-0.39, 0.29) is 6.04 Å². The van der Waals surface area contributed by atoms with Crippen molar-refractivity contribution >= 4 is 5.82 Å². The van der Waals surface area contributed by atoms with Crippen molar-refractivity contribution in [3.63, 3.8) is 0 Å². The van der Waals surface area contributed by atoms with E-state index in [4.69, 9.17) is 9.47 Å². The number of anilines is 1. The van der Waals surface area contributed by atoms with E-state index in [1.807, 2.05) is 7.05 Å². The second kappa shape index (κ2) is 7.25. The number of likely N-dealkylation sites (N-methyl/N-ethyl adjacent to an activating group) is 1. The van der Waals surface area contributed by atoms with Crippen molar-refractivity contribution in [2.75, 3.05) is 44.9 Å². The molecule has 1 atom stereocenters. The highest BCUT2D eigenvalue weighted by atomic mass is 16.5. The molecule has 0 radical (unpaired) electrons. The quantitative estimate of drug-likeness (QED) is 0.817. The van der Waals surface area contributed by atoms with Gasteiger partial charge in [0, 0.05) is 13.1 Å². The third-order valence-corrected chi connectivity index (χ3v) is 3.02. The van der Waals surface area contributed by atoms with Crippen LogP contribution in [-0.4, -0.2) is 56.0 Å². The summed E-state index contributed by atoms with van der Waals surface area (Å²) >= 11 is 0. The third kappa shape index (κ3) is 3.78. The topological polar surface area (TPSA) is 59.5 Å². The highest BCUT2D eigenvalue weighted by Gasteiger charge is 2.24. The van der Waals surface area contributed by atoms with E-state index < -0.39 is 0 Å². The van der Waals surface area contributed by atoms with E-state index in [0.29, 0.717) is 19.1 Å². The summed E-state index contributed by atoms with van der Waals surface area (Å²) in [5, 5.41) is 3.18. The van der Waals surface area contributed by atoms with Gasteiger partial charge in [-0.05, 0) is 13.5 Å². The van der Waals surface area contributed by atoms with E-state index in [1.165, 1.54) is 0 Å². The van der Waals surface area contributed by atoms with E-state index >= 15 is 0 Å². The molecular formula is C13H22N4O2. The number of rotatable bonds is 6. The van der Waals surface area contributed by atoms with Crippen LogP contribution < -0.4 is 15.0 Å². The second-order valence-electron chi connectivity index (χ2n) is 4.54. The lowest BCUT2D eigenvalue weighted by molar-refractivity contribution is 0.0938. The maximum Gasteiger partial charge on any atom is 0.234 e. The molecule has 0 amide bonds. The average molecular weight is 266 g/mol. The van der Waals surface area contributed by atoms with Gasteiger partial charge in [-0.2, -0.15) is 4.98 Å². The molecule has 0 bridgehead atoms. The van der Waals surface area contributed by atoms with Crippen molar-refractivity contribution in [2.45, 2.75) is 19.4 Å². The summed E-state index contributed by atoms with van der Waals surface area (Å²) in [6, 6.07) is 0.287. The summed E-state index contributed by atoms with van der Waals surface area (Å²) < 4.78 is 11.1. The molecule has 6 heteroatoms. The molecule has 0 saturated carbocycles.